The zero-order valence-corrected chi connectivity index (χ0v) is 20.6. The van der Waals surface area contributed by atoms with E-state index in [9.17, 15) is 0 Å². The number of unbranched alkanes of at least 4 members (excludes halogenated alkanes) is 1. The Hall–Kier alpha value is -1.80. The number of piperazine rings is 1. The molecule has 0 amide bonds. The van der Waals surface area contributed by atoms with Crippen LogP contribution in [0.5, 0.6) is 0 Å². The molecule has 0 unspecified atom stereocenters. The lowest BCUT2D eigenvalue weighted by Gasteiger charge is -2.36. The van der Waals surface area contributed by atoms with Gasteiger partial charge in [-0.2, -0.15) is 0 Å². The number of hydrogen-bond donors (Lipinski definition) is 2. The van der Waals surface area contributed by atoms with E-state index in [-0.39, 0.29) is 24.0 Å². The number of anilines is 1. The van der Waals surface area contributed by atoms with Crippen molar-refractivity contribution in [1.29, 1.82) is 0 Å². The number of guanidine groups is 1. The van der Waals surface area contributed by atoms with E-state index in [1.54, 1.807) is 0 Å². The molecule has 2 aromatic rings. The van der Waals surface area contributed by atoms with Crippen molar-refractivity contribution in [3.63, 3.8) is 0 Å². The van der Waals surface area contributed by atoms with Gasteiger partial charge in [0, 0.05) is 52.0 Å². The van der Waals surface area contributed by atoms with E-state index in [0.717, 1.165) is 51.6 Å². The molecule has 0 atom stereocenters. The fraction of sp³-hybridized carbons (Fsp3) is 0.458. The average molecular weight is 521 g/mol. The van der Waals surface area contributed by atoms with Crippen molar-refractivity contribution in [3.05, 3.63) is 65.7 Å². The minimum atomic E-state index is 0. The van der Waals surface area contributed by atoms with Gasteiger partial charge in [-0.15, -0.1) is 24.0 Å². The Bertz CT molecular complexity index is 757. The first-order valence-corrected chi connectivity index (χ1v) is 10.8. The number of nitrogens with one attached hydrogen (secondary N) is 2. The molecular weight excluding hydrogens is 485 g/mol. The molecule has 30 heavy (non-hydrogen) atoms. The summed E-state index contributed by atoms with van der Waals surface area (Å²) < 4.78 is 0. The molecule has 0 spiro atoms. The molecule has 164 valence electrons. The molecule has 0 bridgehead atoms. The van der Waals surface area contributed by atoms with Crippen LogP contribution >= 0.6 is 24.0 Å². The Balaban J connectivity index is 0.00000320. The van der Waals surface area contributed by atoms with Gasteiger partial charge in [-0.1, -0.05) is 42.5 Å². The molecule has 3 rings (SSSR count). The molecule has 5 nitrogen and oxygen atoms in total. The summed E-state index contributed by atoms with van der Waals surface area (Å²) in [5.41, 5.74) is 3.97. The second kappa shape index (κ2) is 13.5. The maximum Gasteiger partial charge on any atom is 0.191 e. The van der Waals surface area contributed by atoms with E-state index in [4.69, 9.17) is 0 Å². The van der Waals surface area contributed by atoms with Gasteiger partial charge in [0.15, 0.2) is 5.96 Å². The maximum atomic E-state index is 4.34. The number of para-hydroxylation sites is 1. The molecule has 1 fully saturated rings. The van der Waals surface area contributed by atoms with E-state index >= 15 is 0 Å². The molecule has 0 radical (unpaired) electrons. The van der Waals surface area contributed by atoms with Gasteiger partial charge in [0.25, 0.3) is 0 Å². The van der Waals surface area contributed by atoms with E-state index < -0.39 is 0 Å². The van der Waals surface area contributed by atoms with Crippen LogP contribution in [-0.4, -0.2) is 57.2 Å². The summed E-state index contributed by atoms with van der Waals surface area (Å²) >= 11 is 0. The van der Waals surface area contributed by atoms with Crippen LogP contribution in [0.15, 0.2) is 59.6 Å². The fourth-order valence-corrected chi connectivity index (χ4v) is 3.74. The topological polar surface area (TPSA) is 42.9 Å². The van der Waals surface area contributed by atoms with E-state index in [1.165, 1.54) is 29.8 Å². The summed E-state index contributed by atoms with van der Waals surface area (Å²) in [5, 5.41) is 6.85. The van der Waals surface area contributed by atoms with Gasteiger partial charge in [0.2, 0.25) is 0 Å². The Labute approximate surface area is 199 Å². The van der Waals surface area contributed by atoms with Crippen LogP contribution in [0.2, 0.25) is 0 Å². The first kappa shape index (κ1) is 24.5. The molecule has 2 N–H and O–H groups in total. The number of rotatable bonds is 8. The van der Waals surface area contributed by atoms with Crippen molar-refractivity contribution in [3.8, 4) is 0 Å². The number of nitrogens with zero attached hydrogens (tertiary/aromatic N) is 3. The molecule has 1 aliphatic rings. The largest absolute Gasteiger partial charge is 0.369 e. The monoisotopic (exact) mass is 521 g/mol. The van der Waals surface area contributed by atoms with Crippen molar-refractivity contribution in [2.24, 2.45) is 4.99 Å². The lowest BCUT2D eigenvalue weighted by atomic mass is 10.1. The molecule has 0 aliphatic carbocycles. The van der Waals surface area contributed by atoms with Gasteiger partial charge in [0.05, 0.1) is 0 Å². The summed E-state index contributed by atoms with van der Waals surface area (Å²) in [4.78, 5) is 9.41. The highest BCUT2D eigenvalue weighted by atomic mass is 127. The highest BCUT2D eigenvalue weighted by Gasteiger charge is 2.16. The number of aliphatic imine (C=N–C) groups is 1. The van der Waals surface area contributed by atoms with Gasteiger partial charge < -0.3 is 15.5 Å². The number of aryl methyl sites for hydroxylation is 1. The Morgan fingerprint density at radius 3 is 2.30 bits per heavy atom. The Morgan fingerprint density at radius 2 is 1.60 bits per heavy atom. The van der Waals surface area contributed by atoms with Gasteiger partial charge in [-0.25, -0.2) is 0 Å². The SMILES string of the molecule is CN=C(NCCCCN1CCN(c2ccccc2)CC1)NCc1ccccc1C.I. The zero-order valence-electron chi connectivity index (χ0n) is 18.3. The highest BCUT2D eigenvalue weighted by Crippen LogP contribution is 2.15. The predicted molar refractivity (Wildman–Crippen MR) is 139 cm³/mol. The average Bonchev–Trinajstić information content (AvgIpc) is 2.77. The molecule has 1 saturated heterocycles. The minimum Gasteiger partial charge on any atom is -0.369 e. The van der Waals surface area contributed by atoms with Crippen molar-refractivity contribution < 1.29 is 0 Å². The molecule has 0 saturated carbocycles. The lowest BCUT2D eigenvalue weighted by Crippen LogP contribution is -2.46. The van der Waals surface area contributed by atoms with E-state index in [1.807, 2.05) is 7.05 Å². The van der Waals surface area contributed by atoms with Crippen molar-refractivity contribution >= 4 is 35.6 Å². The van der Waals surface area contributed by atoms with Crippen LogP contribution in [-0.2, 0) is 6.54 Å². The van der Waals surface area contributed by atoms with Crippen LogP contribution in [0.4, 0.5) is 5.69 Å². The second-order valence-electron chi connectivity index (χ2n) is 7.65. The third kappa shape index (κ3) is 7.80. The van der Waals surface area contributed by atoms with E-state index in [2.05, 4.69) is 86.9 Å². The summed E-state index contributed by atoms with van der Waals surface area (Å²) in [7, 11) is 1.83. The molecule has 2 aromatic carbocycles. The third-order valence-electron chi connectivity index (χ3n) is 5.62. The summed E-state index contributed by atoms with van der Waals surface area (Å²) in [5.74, 6) is 0.879. The van der Waals surface area contributed by atoms with Crippen LogP contribution < -0.4 is 15.5 Å². The first-order chi connectivity index (χ1) is 14.3. The summed E-state index contributed by atoms with van der Waals surface area (Å²) in [6.45, 7) is 9.64. The minimum absolute atomic E-state index is 0. The lowest BCUT2D eigenvalue weighted by molar-refractivity contribution is 0.253. The van der Waals surface area contributed by atoms with Crippen LogP contribution in [0.1, 0.15) is 24.0 Å². The van der Waals surface area contributed by atoms with Crippen LogP contribution in [0, 0.1) is 6.92 Å². The second-order valence-corrected chi connectivity index (χ2v) is 7.65. The quantitative estimate of drug-likeness (QED) is 0.240. The fourth-order valence-electron chi connectivity index (χ4n) is 3.74. The van der Waals surface area contributed by atoms with Gasteiger partial charge in [0.1, 0.15) is 0 Å². The van der Waals surface area contributed by atoms with Gasteiger partial charge in [-0.3, -0.25) is 9.89 Å². The summed E-state index contributed by atoms with van der Waals surface area (Å²) in [6.07, 6.45) is 2.37. The Morgan fingerprint density at radius 1 is 0.900 bits per heavy atom. The normalized spacial score (nSPS) is 14.9. The van der Waals surface area contributed by atoms with Crippen molar-refractivity contribution in [2.45, 2.75) is 26.3 Å². The number of halogens is 1. The zero-order chi connectivity index (χ0) is 20.3. The summed E-state index contributed by atoms with van der Waals surface area (Å²) in [6, 6.07) is 19.2. The molecule has 6 heteroatoms. The van der Waals surface area contributed by atoms with Crippen molar-refractivity contribution in [2.75, 3.05) is 51.2 Å². The highest BCUT2D eigenvalue weighted by molar-refractivity contribution is 14.0. The molecule has 0 aromatic heterocycles. The Kier molecular flexibility index (Phi) is 11.0. The number of benzene rings is 2. The molecular formula is C24H36IN5. The van der Waals surface area contributed by atoms with Crippen molar-refractivity contribution in [1.82, 2.24) is 15.5 Å². The van der Waals surface area contributed by atoms with E-state index in [0.29, 0.717) is 0 Å². The third-order valence-corrected chi connectivity index (χ3v) is 5.62. The smallest absolute Gasteiger partial charge is 0.191 e. The van der Waals surface area contributed by atoms with Crippen LogP contribution in [0.3, 0.4) is 0 Å². The molecule has 1 aliphatic heterocycles. The molecule has 1 heterocycles. The maximum absolute atomic E-state index is 4.34. The standard InChI is InChI=1S/C24H35N5.HI/c1-21-10-6-7-11-22(21)20-27-24(25-2)26-14-8-9-15-28-16-18-29(19-17-28)23-12-4-3-5-13-23;/h3-7,10-13H,8-9,14-20H2,1-2H3,(H2,25,26,27);1H. The number of hydrogen-bond acceptors (Lipinski definition) is 3. The van der Waals surface area contributed by atoms with Gasteiger partial charge in [-0.05, 0) is 49.6 Å². The van der Waals surface area contributed by atoms with Gasteiger partial charge >= 0.3 is 0 Å². The van der Waals surface area contributed by atoms with Crippen LogP contribution in [0.25, 0.3) is 0 Å². The first-order valence-electron chi connectivity index (χ1n) is 10.8. The predicted octanol–water partition coefficient (Wildman–Crippen LogP) is 3.88.